The van der Waals surface area contributed by atoms with Gasteiger partial charge in [0.25, 0.3) is 0 Å². The van der Waals surface area contributed by atoms with Crippen molar-refractivity contribution >= 4 is 11.8 Å². The Balaban J connectivity index is 1.45. The molecule has 2 aliphatic heterocycles. The number of halogens is 2. The molecule has 1 N–H and O–H groups in total. The molecule has 29 heavy (non-hydrogen) atoms. The number of hydrogen-bond donors (Lipinski definition) is 1. The van der Waals surface area contributed by atoms with Gasteiger partial charge in [-0.25, -0.2) is 13.6 Å². The van der Waals surface area contributed by atoms with E-state index in [2.05, 4.69) is 0 Å². The zero-order valence-corrected chi connectivity index (χ0v) is 16.1. The van der Waals surface area contributed by atoms with E-state index in [9.17, 15) is 18.7 Å². The summed E-state index contributed by atoms with van der Waals surface area (Å²) in [6, 6.07) is 11.7. The SMILES string of the molecule is O=C(OCc1ccccc1)N1CCC2(CC1)CN(CCO)c1cc(F)cc(F)c12. The fourth-order valence-corrected chi connectivity index (χ4v) is 4.52. The lowest BCUT2D eigenvalue weighted by Gasteiger charge is -2.39. The van der Waals surface area contributed by atoms with E-state index in [1.54, 1.807) is 4.90 Å². The van der Waals surface area contributed by atoms with Crippen LogP contribution in [0.4, 0.5) is 19.3 Å². The summed E-state index contributed by atoms with van der Waals surface area (Å²) < 4.78 is 33.9. The molecule has 2 aromatic rings. The van der Waals surface area contributed by atoms with E-state index in [1.807, 2.05) is 35.2 Å². The molecule has 5 nitrogen and oxygen atoms in total. The molecular formula is C22H24F2N2O3. The highest BCUT2D eigenvalue weighted by atomic mass is 19.1. The van der Waals surface area contributed by atoms with Gasteiger partial charge in [0, 0.05) is 48.9 Å². The van der Waals surface area contributed by atoms with Crippen LogP contribution in [0.5, 0.6) is 0 Å². The van der Waals surface area contributed by atoms with Gasteiger partial charge in [-0.3, -0.25) is 0 Å². The first kappa shape index (κ1) is 19.6. The number of ether oxygens (including phenoxy) is 1. The van der Waals surface area contributed by atoms with E-state index in [-0.39, 0.29) is 19.3 Å². The molecule has 4 rings (SSSR count). The zero-order valence-electron chi connectivity index (χ0n) is 16.1. The average molecular weight is 402 g/mol. The van der Waals surface area contributed by atoms with Crippen molar-refractivity contribution in [2.75, 3.05) is 37.7 Å². The third-order valence-corrected chi connectivity index (χ3v) is 5.95. The lowest BCUT2D eigenvalue weighted by atomic mass is 9.74. The summed E-state index contributed by atoms with van der Waals surface area (Å²) in [5, 5.41) is 9.35. The molecule has 1 fully saturated rings. The maximum atomic E-state index is 14.7. The van der Waals surface area contributed by atoms with Crippen molar-refractivity contribution in [3.8, 4) is 0 Å². The maximum Gasteiger partial charge on any atom is 0.410 e. The van der Waals surface area contributed by atoms with Crippen molar-refractivity contribution < 1.29 is 23.4 Å². The number of amides is 1. The Labute approximate surface area is 168 Å². The molecule has 0 aromatic heterocycles. The van der Waals surface area contributed by atoms with Crippen LogP contribution < -0.4 is 4.90 Å². The minimum Gasteiger partial charge on any atom is -0.445 e. The number of anilines is 1. The number of aliphatic hydroxyl groups is 1. The Kier molecular flexibility index (Phi) is 5.41. The number of rotatable bonds is 4. The van der Waals surface area contributed by atoms with Gasteiger partial charge >= 0.3 is 6.09 Å². The van der Waals surface area contributed by atoms with Gasteiger partial charge < -0.3 is 19.6 Å². The number of hydrogen-bond acceptors (Lipinski definition) is 4. The monoisotopic (exact) mass is 402 g/mol. The fraction of sp³-hybridized carbons (Fsp3) is 0.409. The molecule has 2 heterocycles. The van der Waals surface area contributed by atoms with Crippen molar-refractivity contribution in [1.29, 1.82) is 0 Å². The molecular weight excluding hydrogens is 378 g/mol. The molecule has 0 saturated carbocycles. The largest absolute Gasteiger partial charge is 0.445 e. The van der Waals surface area contributed by atoms with Crippen molar-refractivity contribution in [2.24, 2.45) is 0 Å². The Morgan fingerprint density at radius 1 is 1.14 bits per heavy atom. The first-order valence-corrected chi connectivity index (χ1v) is 9.83. The van der Waals surface area contributed by atoms with Crippen LogP contribution in [0, 0.1) is 11.6 Å². The number of likely N-dealkylation sites (tertiary alicyclic amines) is 1. The van der Waals surface area contributed by atoms with E-state index in [0.29, 0.717) is 50.3 Å². The summed E-state index contributed by atoms with van der Waals surface area (Å²) >= 11 is 0. The molecule has 1 spiro atoms. The number of β-amino-alcohol motifs (C(OH)–C–C–N with tert-alkyl or cyclic N) is 1. The van der Waals surface area contributed by atoms with Crippen molar-refractivity contribution in [3.05, 3.63) is 65.2 Å². The highest BCUT2D eigenvalue weighted by Gasteiger charge is 2.47. The molecule has 0 radical (unpaired) electrons. The zero-order chi connectivity index (χ0) is 20.4. The molecule has 0 unspecified atom stereocenters. The number of fused-ring (bicyclic) bond motifs is 2. The van der Waals surface area contributed by atoms with Crippen LogP contribution in [0.1, 0.15) is 24.0 Å². The fourth-order valence-electron chi connectivity index (χ4n) is 4.52. The normalized spacial score (nSPS) is 17.5. The standard InChI is InChI=1S/C22H24F2N2O3/c23-17-12-18(24)20-19(13-17)26(10-11-27)15-22(20)6-8-25(9-7-22)21(28)29-14-16-4-2-1-3-5-16/h1-5,12-13,27H,6-11,14-15H2. The first-order valence-electron chi connectivity index (χ1n) is 9.83. The summed E-state index contributed by atoms with van der Waals surface area (Å²) in [6.07, 6.45) is 0.740. The molecule has 2 aromatic carbocycles. The van der Waals surface area contributed by atoms with E-state index in [0.717, 1.165) is 11.6 Å². The molecule has 0 atom stereocenters. The van der Waals surface area contributed by atoms with Gasteiger partial charge in [-0.15, -0.1) is 0 Å². The topological polar surface area (TPSA) is 53.0 Å². The van der Waals surface area contributed by atoms with E-state index in [1.165, 1.54) is 6.07 Å². The van der Waals surface area contributed by atoms with Gasteiger partial charge in [-0.05, 0) is 24.5 Å². The van der Waals surface area contributed by atoms with Crippen LogP contribution in [0.3, 0.4) is 0 Å². The molecule has 1 amide bonds. The number of nitrogens with zero attached hydrogens (tertiary/aromatic N) is 2. The number of aliphatic hydroxyl groups excluding tert-OH is 1. The highest BCUT2D eigenvalue weighted by molar-refractivity contribution is 5.69. The van der Waals surface area contributed by atoms with Crippen molar-refractivity contribution in [1.82, 2.24) is 4.90 Å². The number of carbonyl (C=O) groups is 1. The third kappa shape index (κ3) is 3.79. The Morgan fingerprint density at radius 3 is 2.55 bits per heavy atom. The Morgan fingerprint density at radius 2 is 1.86 bits per heavy atom. The third-order valence-electron chi connectivity index (χ3n) is 5.95. The van der Waals surface area contributed by atoms with Gasteiger partial charge in [-0.2, -0.15) is 0 Å². The minimum atomic E-state index is -0.622. The van der Waals surface area contributed by atoms with E-state index >= 15 is 0 Å². The van der Waals surface area contributed by atoms with Crippen LogP contribution in [0.15, 0.2) is 42.5 Å². The lowest BCUT2D eigenvalue weighted by Crippen LogP contribution is -2.47. The maximum absolute atomic E-state index is 14.7. The van der Waals surface area contributed by atoms with Crippen LogP contribution >= 0.6 is 0 Å². The van der Waals surface area contributed by atoms with Gasteiger partial charge in [-0.1, -0.05) is 30.3 Å². The first-order chi connectivity index (χ1) is 14.0. The number of benzene rings is 2. The van der Waals surface area contributed by atoms with Crippen LogP contribution in [-0.2, 0) is 16.8 Å². The van der Waals surface area contributed by atoms with E-state index in [4.69, 9.17) is 4.74 Å². The summed E-state index contributed by atoms with van der Waals surface area (Å²) in [4.78, 5) is 15.9. The average Bonchev–Trinajstić information content (AvgIpc) is 3.01. The molecule has 2 aliphatic rings. The lowest BCUT2D eigenvalue weighted by molar-refractivity contribution is 0.0785. The summed E-state index contributed by atoms with van der Waals surface area (Å²) in [7, 11) is 0. The molecule has 0 aliphatic carbocycles. The second-order valence-electron chi connectivity index (χ2n) is 7.73. The predicted octanol–water partition coefficient (Wildman–Crippen LogP) is 3.45. The summed E-state index contributed by atoms with van der Waals surface area (Å²) in [5.41, 5.74) is 1.45. The summed E-state index contributed by atoms with van der Waals surface area (Å²) in [6.45, 7) is 1.83. The minimum absolute atomic E-state index is 0.0917. The van der Waals surface area contributed by atoms with Crippen molar-refractivity contribution in [3.63, 3.8) is 0 Å². The second kappa shape index (κ2) is 7.99. The highest BCUT2D eigenvalue weighted by Crippen LogP contribution is 2.48. The van der Waals surface area contributed by atoms with Crippen LogP contribution in [-0.4, -0.2) is 48.9 Å². The van der Waals surface area contributed by atoms with Crippen molar-refractivity contribution in [2.45, 2.75) is 24.9 Å². The van der Waals surface area contributed by atoms with Gasteiger partial charge in [0.15, 0.2) is 0 Å². The van der Waals surface area contributed by atoms with Crippen LogP contribution in [0.2, 0.25) is 0 Å². The van der Waals surface area contributed by atoms with Crippen LogP contribution in [0.25, 0.3) is 0 Å². The van der Waals surface area contributed by atoms with Gasteiger partial charge in [0.1, 0.15) is 18.2 Å². The van der Waals surface area contributed by atoms with Gasteiger partial charge in [0.2, 0.25) is 0 Å². The molecule has 7 heteroatoms. The number of piperidine rings is 1. The summed E-state index contributed by atoms with van der Waals surface area (Å²) in [5.74, 6) is -1.18. The molecule has 0 bridgehead atoms. The Hall–Kier alpha value is -2.67. The Bertz CT molecular complexity index is 883. The second-order valence-corrected chi connectivity index (χ2v) is 7.73. The smallest absolute Gasteiger partial charge is 0.410 e. The quantitative estimate of drug-likeness (QED) is 0.851. The predicted molar refractivity (Wildman–Crippen MR) is 105 cm³/mol. The number of carbonyl (C=O) groups excluding carboxylic acids is 1. The molecule has 154 valence electrons. The van der Waals surface area contributed by atoms with Gasteiger partial charge in [0.05, 0.1) is 6.61 Å². The molecule has 1 saturated heterocycles. The van der Waals surface area contributed by atoms with E-state index < -0.39 is 17.0 Å².